The maximum absolute atomic E-state index is 5.47. The minimum atomic E-state index is 0.319. The van der Waals surface area contributed by atoms with Crippen molar-refractivity contribution in [2.45, 2.75) is 26.4 Å². The van der Waals surface area contributed by atoms with E-state index in [0.717, 1.165) is 19.6 Å². The van der Waals surface area contributed by atoms with E-state index in [-0.39, 0.29) is 0 Å². The van der Waals surface area contributed by atoms with E-state index < -0.39 is 0 Å². The molecule has 1 atom stereocenters. The number of hydrogen-bond acceptors (Lipinski definition) is 3. The fraction of sp³-hybridized carbons (Fsp3) is 1.00. The van der Waals surface area contributed by atoms with Crippen LogP contribution in [0.3, 0.4) is 0 Å². The first-order chi connectivity index (χ1) is 4.64. The summed E-state index contributed by atoms with van der Waals surface area (Å²) in [6, 6.07) is 0. The minimum absolute atomic E-state index is 0.319. The Balaban J connectivity index is 2.29. The monoisotopic (exact) mass is 144 g/mol. The van der Waals surface area contributed by atoms with Gasteiger partial charge in [-0.15, -0.1) is 0 Å². The van der Waals surface area contributed by atoms with E-state index in [1.165, 1.54) is 0 Å². The molecule has 0 aromatic carbocycles. The van der Waals surface area contributed by atoms with Gasteiger partial charge in [-0.1, -0.05) is 13.8 Å². The van der Waals surface area contributed by atoms with Gasteiger partial charge in [-0.2, -0.15) is 0 Å². The number of rotatable bonds is 2. The van der Waals surface area contributed by atoms with Crippen molar-refractivity contribution in [3.8, 4) is 0 Å². The van der Waals surface area contributed by atoms with Crippen molar-refractivity contribution < 1.29 is 4.74 Å². The van der Waals surface area contributed by atoms with E-state index >= 15 is 0 Å². The molecule has 0 aromatic rings. The van der Waals surface area contributed by atoms with Gasteiger partial charge in [0.1, 0.15) is 0 Å². The third-order valence-corrected chi connectivity index (χ3v) is 1.84. The highest BCUT2D eigenvalue weighted by Gasteiger charge is 2.31. The van der Waals surface area contributed by atoms with Crippen LogP contribution in [0.4, 0.5) is 0 Å². The summed E-state index contributed by atoms with van der Waals surface area (Å²) in [5.41, 5.74) is 2.97. The SMILES string of the molecule is CC1(C)CO[C@H](CNN)C1. The topological polar surface area (TPSA) is 47.3 Å². The second kappa shape index (κ2) is 2.86. The van der Waals surface area contributed by atoms with Crippen LogP contribution in [0, 0.1) is 5.41 Å². The lowest BCUT2D eigenvalue weighted by Gasteiger charge is -2.13. The third-order valence-electron chi connectivity index (χ3n) is 1.84. The Labute approximate surface area is 61.9 Å². The third kappa shape index (κ3) is 1.94. The van der Waals surface area contributed by atoms with Crippen molar-refractivity contribution in [3.05, 3.63) is 0 Å². The molecule has 1 saturated heterocycles. The molecule has 0 spiro atoms. The highest BCUT2D eigenvalue weighted by Crippen LogP contribution is 2.30. The number of hydrazine groups is 1. The molecule has 0 radical (unpaired) electrons. The van der Waals surface area contributed by atoms with Crippen LogP contribution in [0.15, 0.2) is 0 Å². The average molecular weight is 144 g/mol. The Hall–Kier alpha value is -0.120. The van der Waals surface area contributed by atoms with E-state index in [0.29, 0.717) is 11.5 Å². The first kappa shape index (κ1) is 7.98. The van der Waals surface area contributed by atoms with Crippen LogP contribution in [0.2, 0.25) is 0 Å². The van der Waals surface area contributed by atoms with Gasteiger partial charge in [-0.25, -0.2) is 0 Å². The lowest BCUT2D eigenvalue weighted by molar-refractivity contribution is 0.0992. The van der Waals surface area contributed by atoms with Crippen LogP contribution in [0.1, 0.15) is 20.3 Å². The Morgan fingerprint density at radius 1 is 1.70 bits per heavy atom. The molecule has 1 aliphatic rings. The van der Waals surface area contributed by atoms with Crippen LogP contribution in [0.25, 0.3) is 0 Å². The molecule has 3 N–H and O–H groups in total. The first-order valence-corrected chi connectivity index (χ1v) is 3.69. The Bertz CT molecular complexity index is 114. The van der Waals surface area contributed by atoms with Crippen LogP contribution in [0.5, 0.6) is 0 Å². The second-order valence-corrected chi connectivity index (χ2v) is 3.71. The summed E-state index contributed by atoms with van der Waals surface area (Å²) in [5.74, 6) is 5.17. The molecule has 0 bridgehead atoms. The molecule has 1 heterocycles. The molecule has 1 rings (SSSR count). The maximum Gasteiger partial charge on any atom is 0.0719 e. The van der Waals surface area contributed by atoms with Crippen molar-refractivity contribution in [2.75, 3.05) is 13.2 Å². The van der Waals surface area contributed by atoms with Crippen LogP contribution in [-0.2, 0) is 4.74 Å². The standard InChI is InChI=1S/C7H16N2O/c1-7(2)3-6(4-9-8)10-5-7/h6,9H,3-5,8H2,1-2H3/t6-/m0/s1. The van der Waals surface area contributed by atoms with E-state index in [2.05, 4.69) is 19.3 Å². The smallest absolute Gasteiger partial charge is 0.0719 e. The molecule has 0 aliphatic carbocycles. The van der Waals surface area contributed by atoms with Crippen molar-refractivity contribution >= 4 is 0 Å². The van der Waals surface area contributed by atoms with Crippen molar-refractivity contribution in [1.82, 2.24) is 5.43 Å². The molecule has 1 fully saturated rings. The summed E-state index contributed by atoms with van der Waals surface area (Å²) in [4.78, 5) is 0. The molecule has 3 heteroatoms. The maximum atomic E-state index is 5.47. The van der Waals surface area contributed by atoms with E-state index in [1.54, 1.807) is 0 Å². The molecular weight excluding hydrogens is 128 g/mol. The Kier molecular flexibility index (Phi) is 2.28. The Morgan fingerprint density at radius 3 is 2.80 bits per heavy atom. The lowest BCUT2D eigenvalue weighted by Crippen LogP contribution is -2.31. The van der Waals surface area contributed by atoms with Gasteiger partial charge >= 0.3 is 0 Å². The van der Waals surface area contributed by atoms with Gasteiger partial charge in [0, 0.05) is 6.54 Å². The fourth-order valence-electron chi connectivity index (χ4n) is 1.34. The number of nitrogens with two attached hydrogens (primary N) is 1. The van der Waals surface area contributed by atoms with Crippen molar-refractivity contribution in [3.63, 3.8) is 0 Å². The number of ether oxygens (including phenoxy) is 1. The molecule has 0 amide bonds. The average Bonchev–Trinajstić information content (AvgIpc) is 2.12. The molecule has 60 valence electrons. The largest absolute Gasteiger partial charge is 0.376 e. The van der Waals surface area contributed by atoms with Crippen LogP contribution in [-0.4, -0.2) is 19.3 Å². The summed E-state index contributed by atoms with van der Waals surface area (Å²) in [6.45, 7) is 6.05. The minimum Gasteiger partial charge on any atom is -0.376 e. The van der Waals surface area contributed by atoms with Gasteiger partial charge in [0.25, 0.3) is 0 Å². The highest BCUT2D eigenvalue weighted by molar-refractivity contribution is 4.80. The fourth-order valence-corrected chi connectivity index (χ4v) is 1.34. The lowest BCUT2D eigenvalue weighted by atomic mass is 9.91. The summed E-state index contributed by atoms with van der Waals surface area (Å²) in [5, 5.41) is 0. The van der Waals surface area contributed by atoms with Gasteiger partial charge in [0.05, 0.1) is 12.7 Å². The predicted molar refractivity (Wildman–Crippen MR) is 40.3 cm³/mol. The molecule has 0 aromatic heterocycles. The van der Waals surface area contributed by atoms with Gasteiger partial charge in [-0.05, 0) is 11.8 Å². The number of nitrogens with one attached hydrogen (secondary N) is 1. The van der Waals surface area contributed by atoms with Crippen molar-refractivity contribution in [2.24, 2.45) is 11.3 Å². The van der Waals surface area contributed by atoms with E-state index in [1.807, 2.05) is 0 Å². The summed E-state index contributed by atoms with van der Waals surface area (Å²) >= 11 is 0. The molecular formula is C7H16N2O. The van der Waals surface area contributed by atoms with Gasteiger partial charge < -0.3 is 4.74 Å². The summed E-state index contributed by atoms with van der Waals surface area (Å²) in [6.07, 6.45) is 1.43. The van der Waals surface area contributed by atoms with Gasteiger partial charge in [0.2, 0.25) is 0 Å². The zero-order chi connectivity index (χ0) is 7.61. The zero-order valence-corrected chi connectivity index (χ0v) is 6.68. The Morgan fingerprint density at radius 2 is 2.40 bits per heavy atom. The predicted octanol–water partition coefficient (Wildman–Crippen LogP) is 0.265. The number of hydrogen-bond donors (Lipinski definition) is 2. The zero-order valence-electron chi connectivity index (χ0n) is 6.68. The van der Waals surface area contributed by atoms with Gasteiger partial charge in [-0.3, -0.25) is 11.3 Å². The van der Waals surface area contributed by atoms with E-state index in [4.69, 9.17) is 10.6 Å². The van der Waals surface area contributed by atoms with Gasteiger partial charge in [0.15, 0.2) is 0 Å². The first-order valence-electron chi connectivity index (χ1n) is 3.69. The highest BCUT2D eigenvalue weighted by atomic mass is 16.5. The quantitative estimate of drug-likeness (QED) is 0.432. The van der Waals surface area contributed by atoms with E-state index in [9.17, 15) is 0 Å². The summed E-state index contributed by atoms with van der Waals surface area (Å²) in [7, 11) is 0. The van der Waals surface area contributed by atoms with Crippen LogP contribution >= 0.6 is 0 Å². The molecule has 0 unspecified atom stereocenters. The second-order valence-electron chi connectivity index (χ2n) is 3.71. The summed E-state index contributed by atoms with van der Waals surface area (Å²) < 4.78 is 5.47. The molecule has 3 nitrogen and oxygen atoms in total. The normalized spacial score (nSPS) is 30.9. The molecule has 0 saturated carbocycles. The molecule has 10 heavy (non-hydrogen) atoms. The van der Waals surface area contributed by atoms with Crippen LogP contribution < -0.4 is 11.3 Å². The van der Waals surface area contributed by atoms with Crippen molar-refractivity contribution in [1.29, 1.82) is 0 Å². The molecule has 1 aliphatic heterocycles.